The van der Waals surface area contributed by atoms with Crippen molar-refractivity contribution < 1.29 is 9.59 Å². The number of nitrogens with zero attached hydrogens (tertiary/aromatic N) is 4. The van der Waals surface area contributed by atoms with Crippen LogP contribution in [0.2, 0.25) is 0 Å². The van der Waals surface area contributed by atoms with Gasteiger partial charge in [0.1, 0.15) is 0 Å². The van der Waals surface area contributed by atoms with Gasteiger partial charge in [-0.1, -0.05) is 31.2 Å². The maximum atomic E-state index is 12.7. The molecule has 154 valence electrons. The summed E-state index contributed by atoms with van der Waals surface area (Å²) in [6.07, 6.45) is 1.94. The van der Waals surface area contributed by atoms with Gasteiger partial charge in [0.2, 0.25) is 11.8 Å². The van der Waals surface area contributed by atoms with Crippen molar-refractivity contribution in [2.45, 2.75) is 58.9 Å². The summed E-state index contributed by atoms with van der Waals surface area (Å²) in [6.45, 7) is 7.22. The van der Waals surface area contributed by atoms with Gasteiger partial charge in [0.25, 0.3) is 0 Å². The van der Waals surface area contributed by atoms with Crippen molar-refractivity contribution in [2.75, 3.05) is 13.1 Å². The van der Waals surface area contributed by atoms with Gasteiger partial charge in [-0.2, -0.15) is 5.10 Å². The van der Waals surface area contributed by atoms with Crippen LogP contribution in [0, 0.1) is 0 Å². The highest BCUT2D eigenvalue weighted by Gasteiger charge is 2.23. The van der Waals surface area contributed by atoms with E-state index in [-0.39, 0.29) is 11.8 Å². The first-order chi connectivity index (χ1) is 14.1. The predicted molar refractivity (Wildman–Crippen MR) is 110 cm³/mol. The molecule has 1 N–H and O–H groups in total. The number of rotatable bonds is 7. The molecule has 0 radical (unpaired) electrons. The van der Waals surface area contributed by atoms with Gasteiger partial charge in [0, 0.05) is 32.5 Å². The lowest BCUT2D eigenvalue weighted by Crippen LogP contribution is -2.38. The zero-order valence-corrected chi connectivity index (χ0v) is 17.1. The van der Waals surface area contributed by atoms with E-state index in [9.17, 15) is 9.59 Å². The number of nitrogens with one attached hydrogen (secondary N) is 1. The lowest BCUT2D eigenvalue weighted by molar-refractivity contribution is -0.132. The number of fused-ring (bicyclic) bond motifs is 2. The van der Waals surface area contributed by atoms with Crippen molar-refractivity contribution in [3.8, 4) is 0 Å². The Bertz CT molecular complexity index is 866. The SMILES string of the molecule is CCC(=O)NCc1cc2n(n1)CCN(C(=O)CCCN1Cc3ccccc3C1)C2. The van der Waals surface area contributed by atoms with Gasteiger partial charge in [-0.15, -0.1) is 0 Å². The average Bonchev–Trinajstić information content (AvgIpc) is 3.34. The molecule has 2 amide bonds. The molecule has 0 saturated heterocycles. The molecule has 0 saturated carbocycles. The molecule has 0 unspecified atom stereocenters. The number of hydrogen-bond donors (Lipinski definition) is 1. The molecule has 0 aliphatic carbocycles. The van der Waals surface area contributed by atoms with Gasteiger partial charge in [-0.25, -0.2) is 0 Å². The Hall–Kier alpha value is -2.67. The molecule has 0 spiro atoms. The van der Waals surface area contributed by atoms with Crippen LogP contribution in [0.1, 0.15) is 48.7 Å². The Labute approximate surface area is 171 Å². The van der Waals surface area contributed by atoms with Crippen LogP contribution in [0.5, 0.6) is 0 Å². The maximum Gasteiger partial charge on any atom is 0.223 e. The minimum Gasteiger partial charge on any atom is -0.350 e. The van der Waals surface area contributed by atoms with E-state index in [4.69, 9.17) is 0 Å². The molecule has 29 heavy (non-hydrogen) atoms. The molecule has 2 aliphatic rings. The monoisotopic (exact) mass is 395 g/mol. The lowest BCUT2D eigenvalue weighted by atomic mass is 10.1. The zero-order chi connectivity index (χ0) is 20.2. The number of carbonyl (C=O) groups is 2. The summed E-state index contributed by atoms with van der Waals surface area (Å²) in [5.41, 5.74) is 4.72. The van der Waals surface area contributed by atoms with Crippen molar-refractivity contribution in [3.05, 3.63) is 52.8 Å². The third-order valence-electron chi connectivity index (χ3n) is 5.76. The van der Waals surface area contributed by atoms with Crippen LogP contribution in [0.4, 0.5) is 0 Å². The van der Waals surface area contributed by atoms with E-state index in [1.165, 1.54) is 11.1 Å². The molecule has 0 bridgehead atoms. The van der Waals surface area contributed by atoms with Crippen LogP contribution in [-0.4, -0.2) is 44.5 Å². The van der Waals surface area contributed by atoms with Crippen molar-refractivity contribution in [3.63, 3.8) is 0 Å². The average molecular weight is 396 g/mol. The summed E-state index contributed by atoms with van der Waals surface area (Å²) in [7, 11) is 0. The topological polar surface area (TPSA) is 70.5 Å². The molecule has 2 aromatic rings. The van der Waals surface area contributed by atoms with Crippen LogP contribution in [0.15, 0.2) is 30.3 Å². The summed E-state index contributed by atoms with van der Waals surface area (Å²) in [5, 5.41) is 7.40. The van der Waals surface area contributed by atoms with E-state index >= 15 is 0 Å². The second kappa shape index (κ2) is 8.78. The first-order valence-corrected chi connectivity index (χ1v) is 10.5. The van der Waals surface area contributed by atoms with Gasteiger partial charge < -0.3 is 10.2 Å². The highest BCUT2D eigenvalue weighted by Crippen LogP contribution is 2.22. The lowest BCUT2D eigenvalue weighted by Gasteiger charge is -2.28. The Balaban J connectivity index is 1.23. The maximum absolute atomic E-state index is 12.7. The predicted octanol–water partition coefficient (Wildman–Crippen LogP) is 2.05. The molecular formula is C22H29N5O2. The quantitative estimate of drug-likeness (QED) is 0.779. The third-order valence-corrected chi connectivity index (χ3v) is 5.76. The van der Waals surface area contributed by atoms with Crippen molar-refractivity contribution in [1.82, 2.24) is 24.9 Å². The molecular weight excluding hydrogens is 366 g/mol. The smallest absolute Gasteiger partial charge is 0.223 e. The fourth-order valence-corrected chi connectivity index (χ4v) is 4.11. The third kappa shape index (κ3) is 4.67. The minimum atomic E-state index is 0.0221. The van der Waals surface area contributed by atoms with Gasteiger partial charge >= 0.3 is 0 Å². The van der Waals surface area contributed by atoms with E-state index in [1.54, 1.807) is 0 Å². The Morgan fingerprint density at radius 1 is 1.10 bits per heavy atom. The largest absolute Gasteiger partial charge is 0.350 e. The molecule has 4 rings (SSSR count). The van der Waals surface area contributed by atoms with Crippen LogP contribution in [0.3, 0.4) is 0 Å². The molecule has 2 aliphatic heterocycles. The summed E-state index contributed by atoms with van der Waals surface area (Å²) in [4.78, 5) is 28.5. The Morgan fingerprint density at radius 3 is 2.59 bits per heavy atom. The van der Waals surface area contributed by atoms with Gasteiger partial charge in [0.05, 0.1) is 31.0 Å². The summed E-state index contributed by atoms with van der Waals surface area (Å²) >= 11 is 0. The minimum absolute atomic E-state index is 0.0221. The van der Waals surface area contributed by atoms with E-state index in [1.807, 2.05) is 22.6 Å². The number of carbonyl (C=O) groups excluding carboxylic acids is 2. The molecule has 3 heterocycles. The van der Waals surface area contributed by atoms with Crippen molar-refractivity contribution in [2.24, 2.45) is 0 Å². The summed E-state index contributed by atoms with van der Waals surface area (Å²) in [5.74, 6) is 0.240. The normalized spacial score (nSPS) is 15.8. The van der Waals surface area contributed by atoms with Gasteiger partial charge in [0.15, 0.2) is 0 Å². The first-order valence-electron chi connectivity index (χ1n) is 10.5. The first kappa shape index (κ1) is 19.6. The molecule has 1 aromatic heterocycles. The summed E-state index contributed by atoms with van der Waals surface area (Å²) in [6, 6.07) is 10.6. The van der Waals surface area contributed by atoms with E-state index in [0.717, 1.165) is 37.4 Å². The number of aromatic nitrogens is 2. The van der Waals surface area contributed by atoms with Crippen molar-refractivity contribution >= 4 is 11.8 Å². The van der Waals surface area contributed by atoms with Crippen LogP contribution in [-0.2, 0) is 42.3 Å². The number of hydrogen-bond acceptors (Lipinski definition) is 4. The van der Waals surface area contributed by atoms with Gasteiger partial charge in [-0.05, 0) is 30.2 Å². The fraction of sp³-hybridized carbons (Fsp3) is 0.500. The molecule has 0 fully saturated rings. The Morgan fingerprint density at radius 2 is 1.86 bits per heavy atom. The molecule has 1 aromatic carbocycles. The highest BCUT2D eigenvalue weighted by atomic mass is 16.2. The van der Waals surface area contributed by atoms with Crippen LogP contribution in [0.25, 0.3) is 0 Å². The van der Waals surface area contributed by atoms with Crippen LogP contribution >= 0.6 is 0 Å². The highest BCUT2D eigenvalue weighted by molar-refractivity contribution is 5.76. The Kier molecular flexibility index (Phi) is 5.94. The molecule has 7 nitrogen and oxygen atoms in total. The van der Waals surface area contributed by atoms with E-state index in [0.29, 0.717) is 39.0 Å². The standard InChI is InChI=1S/C22H29N5O2/c1-2-21(28)23-13-19-12-20-16-26(10-11-27(20)24-19)22(29)8-5-9-25-14-17-6-3-4-7-18(17)15-25/h3-4,6-7,12H,2,5,8-11,13-16H2,1H3,(H,23,28). The second-order valence-electron chi connectivity index (χ2n) is 7.88. The zero-order valence-electron chi connectivity index (χ0n) is 17.1. The number of amides is 2. The molecule has 7 heteroatoms. The van der Waals surface area contributed by atoms with Gasteiger partial charge in [-0.3, -0.25) is 19.2 Å². The van der Waals surface area contributed by atoms with Crippen LogP contribution < -0.4 is 5.32 Å². The van der Waals surface area contributed by atoms with E-state index < -0.39 is 0 Å². The second-order valence-corrected chi connectivity index (χ2v) is 7.88. The number of benzene rings is 1. The molecule has 0 atom stereocenters. The van der Waals surface area contributed by atoms with Crippen molar-refractivity contribution in [1.29, 1.82) is 0 Å². The fourth-order valence-electron chi connectivity index (χ4n) is 4.11. The summed E-state index contributed by atoms with van der Waals surface area (Å²) < 4.78 is 1.96. The van der Waals surface area contributed by atoms with E-state index in [2.05, 4.69) is 39.6 Å².